The average Bonchev–Trinajstić information content (AvgIpc) is 3.74. The Bertz CT molecular complexity index is 1970. The van der Waals surface area contributed by atoms with Crippen molar-refractivity contribution in [2.75, 3.05) is 47.3 Å². The van der Waals surface area contributed by atoms with E-state index in [0.717, 1.165) is 16.7 Å². The molecule has 6 rings (SSSR count). The number of anilines is 1. The van der Waals surface area contributed by atoms with Gasteiger partial charge in [-0.15, -0.1) is 0 Å². The van der Waals surface area contributed by atoms with Gasteiger partial charge in [0.1, 0.15) is 35.4 Å². The molecule has 2 aromatic heterocycles. The van der Waals surface area contributed by atoms with Crippen LogP contribution in [-0.4, -0.2) is 102 Å². The van der Waals surface area contributed by atoms with E-state index in [0.29, 0.717) is 22.7 Å². The third-order valence-electron chi connectivity index (χ3n) is 9.07. The Morgan fingerprint density at radius 3 is 2.11 bits per heavy atom. The number of benzene rings is 3. The van der Waals surface area contributed by atoms with Gasteiger partial charge in [-0.1, -0.05) is 68.4 Å². The zero-order valence-electron chi connectivity index (χ0n) is 30.8. The van der Waals surface area contributed by atoms with E-state index in [1.54, 1.807) is 43.9 Å². The molecule has 0 spiro atoms. The Labute approximate surface area is 308 Å². The van der Waals surface area contributed by atoms with E-state index in [-0.39, 0.29) is 30.2 Å². The normalized spacial score (nSPS) is 18.9. The van der Waals surface area contributed by atoms with E-state index in [4.69, 9.17) is 23.7 Å². The van der Waals surface area contributed by atoms with Crippen molar-refractivity contribution in [3.63, 3.8) is 0 Å². The van der Waals surface area contributed by atoms with Crippen molar-refractivity contribution in [3.05, 3.63) is 102 Å². The van der Waals surface area contributed by atoms with E-state index in [1.807, 2.05) is 93.0 Å². The van der Waals surface area contributed by atoms with Crippen LogP contribution in [0.4, 0.5) is 11.8 Å². The first-order chi connectivity index (χ1) is 25.6. The van der Waals surface area contributed by atoms with Crippen molar-refractivity contribution >= 4 is 35.2 Å². The maximum absolute atomic E-state index is 12.6. The lowest BCUT2D eigenvalue weighted by Gasteiger charge is -2.37. The van der Waals surface area contributed by atoms with Crippen molar-refractivity contribution in [3.8, 4) is 11.5 Å². The predicted octanol–water partition coefficient (Wildman–Crippen LogP) is 4.94. The predicted molar refractivity (Wildman–Crippen MR) is 200 cm³/mol. The lowest BCUT2D eigenvalue weighted by Crippen LogP contribution is -2.40. The van der Waals surface area contributed by atoms with Gasteiger partial charge >= 0.3 is 0 Å². The number of imidazole rings is 1. The summed E-state index contributed by atoms with van der Waals surface area (Å²) < 4.78 is 32.1. The molecule has 1 aliphatic rings. The van der Waals surface area contributed by atoms with Gasteiger partial charge in [0.05, 0.1) is 33.5 Å². The summed E-state index contributed by atoms with van der Waals surface area (Å²) in [5.74, 6) is 1.14. The van der Waals surface area contributed by atoms with Gasteiger partial charge in [0.2, 0.25) is 11.9 Å². The van der Waals surface area contributed by atoms with Gasteiger partial charge < -0.3 is 33.7 Å². The van der Waals surface area contributed by atoms with E-state index in [9.17, 15) is 9.90 Å². The number of hydrogen-bond acceptors (Lipinski definition) is 11. The number of fused-ring (bicyclic) bond motifs is 1. The smallest absolute Gasteiger partial charge is 0.233 e. The number of hydrogen-bond donors (Lipinski definition) is 2. The second-order valence-electron chi connectivity index (χ2n) is 13.1. The van der Waals surface area contributed by atoms with Gasteiger partial charge in [0, 0.05) is 27.1 Å². The number of carbonyl (C=O) groups is 1. The molecule has 0 saturated carbocycles. The number of ether oxygens (including phenoxy) is 5. The molecule has 14 heteroatoms. The summed E-state index contributed by atoms with van der Waals surface area (Å²) in [6.07, 6.45) is -0.563. The van der Waals surface area contributed by atoms with Gasteiger partial charge in [0.25, 0.3) is 0 Å². The van der Waals surface area contributed by atoms with Crippen LogP contribution in [0.15, 0.2) is 90.2 Å². The Morgan fingerprint density at radius 2 is 1.57 bits per heavy atom. The SMILES string of the molecule is COc1ccc(C(OC[C@H]2O[C@@H](n3cnc4c(/N=C/N(C)C)nc(NC(=O)C(C)C)nc43)[C@H](OC)[C@@H]2O)(c2ccccc2)c2ccc(OC)cc2)cc1. The van der Waals surface area contributed by atoms with E-state index in [2.05, 4.69) is 25.3 Å². The summed E-state index contributed by atoms with van der Waals surface area (Å²) >= 11 is 0. The first-order valence-corrected chi connectivity index (χ1v) is 17.2. The molecule has 278 valence electrons. The van der Waals surface area contributed by atoms with Gasteiger partial charge in [-0.05, 0) is 41.0 Å². The summed E-state index contributed by atoms with van der Waals surface area (Å²) in [4.78, 5) is 32.6. The lowest BCUT2D eigenvalue weighted by molar-refractivity contribution is -0.118. The van der Waals surface area contributed by atoms with Crippen LogP contribution < -0.4 is 14.8 Å². The third kappa shape index (κ3) is 7.57. The molecule has 0 radical (unpaired) electrons. The molecule has 0 unspecified atom stereocenters. The fourth-order valence-corrected chi connectivity index (χ4v) is 6.27. The summed E-state index contributed by atoms with van der Waals surface area (Å²) in [6, 6.07) is 25.3. The van der Waals surface area contributed by atoms with E-state index < -0.39 is 30.1 Å². The molecule has 1 amide bonds. The molecule has 1 fully saturated rings. The second kappa shape index (κ2) is 16.1. The fraction of sp³-hybridized carbons (Fsp3) is 0.359. The first kappa shape index (κ1) is 37.4. The third-order valence-corrected chi connectivity index (χ3v) is 9.07. The molecule has 3 heterocycles. The van der Waals surface area contributed by atoms with Crippen molar-refractivity contribution in [1.29, 1.82) is 0 Å². The highest BCUT2D eigenvalue weighted by atomic mass is 16.6. The largest absolute Gasteiger partial charge is 0.497 e. The molecule has 14 nitrogen and oxygen atoms in total. The molecule has 4 atom stereocenters. The molecule has 3 aromatic carbocycles. The van der Waals surface area contributed by atoms with Crippen molar-refractivity contribution in [1.82, 2.24) is 24.4 Å². The molecule has 0 aliphatic carbocycles. The van der Waals surface area contributed by atoms with Gasteiger partial charge in [-0.2, -0.15) is 9.97 Å². The zero-order chi connectivity index (χ0) is 37.7. The quantitative estimate of drug-likeness (QED) is 0.0910. The maximum atomic E-state index is 12.6. The number of carbonyl (C=O) groups excluding carboxylic acids is 1. The molecule has 2 N–H and O–H groups in total. The lowest BCUT2D eigenvalue weighted by atomic mass is 9.80. The second-order valence-corrected chi connectivity index (χ2v) is 13.1. The monoisotopic (exact) mass is 723 g/mol. The van der Waals surface area contributed by atoms with Crippen LogP contribution in [0.1, 0.15) is 36.8 Å². The maximum Gasteiger partial charge on any atom is 0.233 e. The number of aliphatic hydroxyl groups excluding tert-OH is 1. The van der Waals surface area contributed by atoms with Crippen LogP contribution in [0.3, 0.4) is 0 Å². The number of aliphatic imine (C=N–C) groups is 1. The molecule has 1 saturated heterocycles. The van der Waals surface area contributed by atoms with Crippen LogP contribution in [0, 0.1) is 5.92 Å². The Morgan fingerprint density at radius 1 is 0.962 bits per heavy atom. The fourth-order valence-electron chi connectivity index (χ4n) is 6.27. The number of methoxy groups -OCH3 is 3. The topological polar surface area (TPSA) is 155 Å². The highest BCUT2D eigenvalue weighted by Gasteiger charge is 2.48. The van der Waals surface area contributed by atoms with Crippen LogP contribution in [0.2, 0.25) is 0 Å². The minimum atomic E-state index is -1.14. The Kier molecular flexibility index (Phi) is 11.3. The number of nitrogens with one attached hydrogen (secondary N) is 1. The van der Waals surface area contributed by atoms with Gasteiger partial charge in [-0.3, -0.25) is 14.7 Å². The molecule has 53 heavy (non-hydrogen) atoms. The van der Waals surface area contributed by atoms with Crippen LogP contribution in [-0.2, 0) is 24.6 Å². The number of rotatable bonds is 14. The highest BCUT2D eigenvalue weighted by Crippen LogP contribution is 2.43. The minimum absolute atomic E-state index is 0.0415. The average molecular weight is 724 g/mol. The highest BCUT2D eigenvalue weighted by molar-refractivity contribution is 5.92. The summed E-state index contributed by atoms with van der Waals surface area (Å²) in [5.41, 5.74) is 2.10. The van der Waals surface area contributed by atoms with Gasteiger partial charge in [-0.25, -0.2) is 9.98 Å². The number of aliphatic hydroxyl groups is 1. The van der Waals surface area contributed by atoms with Crippen molar-refractivity contribution < 1.29 is 33.6 Å². The zero-order valence-corrected chi connectivity index (χ0v) is 30.8. The van der Waals surface area contributed by atoms with Gasteiger partial charge in [0.15, 0.2) is 23.2 Å². The molecule has 5 aromatic rings. The minimum Gasteiger partial charge on any atom is -0.497 e. The molecule has 1 aliphatic heterocycles. The first-order valence-electron chi connectivity index (χ1n) is 17.2. The van der Waals surface area contributed by atoms with Crippen molar-refractivity contribution in [2.24, 2.45) is 10.9 Å². The van der Waals surface area contributed by atoms with Crippen molar-refractivity contribution in [2.45, 2.75) is 44.0 Å². The molecule has 0 bridgehead atoms. The number of aromatic nitrogens is 4. The van der Waals surface area contributed by atoms with E-state index >= 15 is 0 Å². The standard InChI is InChI=1S/C39H45N7O7/c1-24(2)36(48)44-38-42-34(41-22-45(3)4)31-35(43-38)46(23-40-31)37-33(51-7)32(47)30(53-37)21-52-39(25-11-9-8-10-12-25,26-13-17-28(49-5)18-14-26)27-15-19-29(50-6)20-16-27/h8-20,22-24,30,32-33,37,47H,21H2,1-7H3,(H,42,43,44,48)/b41-22+/t30-,32-,33-,37-/m1/s1. The summed E-state index contributed by atoms with van der Waals surface area (Å²) in [5, 5.41) is 14.5. The number of nitrogens with zero attached hydrogens (tertiary/aromatic N) is 6. The number of amides is 1. The Balaban J connectivity index is 1.39. The van der Waals surface area contributed by atoms with E-state index in [1.165, 1.54) is 13.4 Å². The summed E-state index contributed by atoms with van der Waals surface area (Å²) in [7, 11) is 8.41. The molecular weight excluding hydrogens is 678 g/mol. The Hall–Kier alpha value is -5.41. The van der Waals surface area contributed by atoms with Crippen LogP contribution in [0.5, 0.6) is 11.5 Å². The molecular formula is C39H45N7O7. The van der Waals surface area contributed by atoms with Crippen LogP contribution in [0.25, 0.3) is 11.2 Å². The summed E-state index contributed by atoms with van der Waals surface area (Å²) in [6.45, 7) is 3.51. The van der Waals surface area contributed by atoms with Crippen LogP contribution >= 0.6 is 0 Å².